The predicted octanol–water partition coefficient (Wildman–Crippen LogP) is 0.540. The number of hydrogen-bond acceptors (Lipinski definition) is 3. The molecule has 0 aliphatic carbocycles. The van der Waals surface area contributed by atoms with Crippen LogP contribution in [0.5, 0.6) is 0 Å². The van der Waals surface area contributed by atoms with E-state index in [1.54, 1.807) is 4.90 Å². The van der Waals surface area contributed by atoms with E-state index in [1.807, 2.05) is 13.8 Å². The van der Waals surface area contributed by atoms with Crippen LogP contribution in [0.1, 0.15) is 33.1 Å². The lowest BCUT2D eigenvalue weighted by Crippen LogP contribution is -2.58. The lowest BCUT2D eigenvalue weighted by molar-refractivity contribution is -0.146. The first-order valence-electron chi connectivity index (χ1n) is 6.35. The summed E-state index contributed by atoms with van der Waals surface area (Å²) in [6.45, 7) is 6.03. The van der Waals surface area contributed by atoms with Crippen molar-refractivity contribution in [2.75, 3.05) is 26.3 Å². The third kappa shape index (κ3) is 4.00. The Morgan fingerprint density at radius 3 is 2.82 bits per heavy atom. The van der Waals surface area contributed by atoms with Crippen LogP contribution in [0.3, 0.4) is 0 Å². The minimum absolute atomic E-state index is 0.0135. The summed E-state index contributed by atoms with van der Waals surface area (Å²) in [5, 5.41) is 2.64. The molecule has 1 aliphatic heterocycles. The number of ether oxygens (including phenoxy) is 1. The van der Waals surface area contributed by atoms with Gasteiger partial charge < -0.3 is 15.0 Å². The van der Waals surface area contributed by atoms with E-state index in [4.69, 9.17) is 4.74 Å². The van der Waals surface area contributed by atoms with Gasteiger partial charge in [0.1, 0.15) is 6.04 Å². The lowest BCUT2D eigenvalue weighted by Gasteiger charge is -2.34. The number of nitrogens with one attached hydrogen (secondary N) is 1. The van der Waals surface area contributed by atoms with Gasteiger partial charge in [-0.2, -0.15) is 0 Å². The van der Waals surface area contributed by atoms with Gasteiger partial charge in [-0.15, -0.1) is 0 Å². The van der Waals surface area contributed by atoms with Crippen LogP contribution in [-0.4, -0.2) is 49.1 Å². The topological polar surface area (TPSA) is 58.6 Å². The highest BCUT2D eigenvalue weighted by Crippen LogP contribution is 2.12. The number of carbonyl (C=O) groups is 2. The molecule has 0 radical (unpaired) electrons. The zero-order chi connectivity index (χ0) is 12.7. The number of amides is 2. The van der Waals surface area contributed by atoms with Crippen LogP contribution in [0.25, 0.3) is 0 Å². The predicted molar refractivity (Wildman–Crippen MR) is 64.5 cm³/mol. The largest absolute Gasteiger partial charge is 0.382 e. The standard InChI is InChI=1S/C12H22N2O3/c1-3-6-10-12(16)13-9-11(15)14(10)7-5-8-17-4-2/h10H,3-9H2,1-2H3,(H,13,16). The molecule has 1 fully saturated rings. The summed E-state index contributed by atoms with van der Waals surface area (Å²) in [5.41, 5.74) is 0. The molecular weight excluding hydrogens is 220 g/mol. The molecule has 5 heteroatoms. The van der Waals surface area contributed by atoms with Crippen molar-refractivity contribution in [3.63, 3.8) is 0 Å². The summed E-state index contributed by atoms with van der Waals surface area (Å²) in [7, 11) is 0. The second-order valence-corrected chi connectivity index (χ2v) is 4.16. The molecule has 1 aliphatic rings. The maximum absolute atomic E-state index is 11.8. The Morgan fingerprint density at radius 2 is 2.18 bits per heavy atom. The van der Waals surface area contributed by atoms with Crippen molar-refractivity contribution in [3.05, 3.63) is 0 Å². The number of rotatable bonds is 7. The van der Waals surface area contributed by atoms with Crippen molar-refractivity contribution in [3.8, 4) is 0 Å². The number of carbonyl (C=O) groups excluding carboxylic acids is 2. The first-order chi connectivity index (χ1) is 8.20. The summed E-state index contributed by atoms with van der Waals surface area (Å²) in [6, 6.07) is -0.289. The lowest BCUT2D eigenvalue weighted by atomic mass is 10.1. The highest BCUT2D eigenvalue weighted by atomic mass is 16.5. The summed E-state index contributed by atoms with van der Waals surface area (Å²) in [4.78, 5) is 25.1. The quantitative estimate of drug-likeness (QED) is 0.663. The molecule has 17 heavy (non-hydrogen) atoms. The van der Waals surface area contributed by atoms with Gasteiger partial charge in [0.25, 0.3) is 0 Å². The second kappa shape index (κ2) is 7.27. The zero-order valence-corrected chi connectivity index (χ0v) is 10.7. The fraction of sp³-hybridized carbons (Fsp3) is 0.833. The third-order valence-electron chi connectivity index (χ3n) is 2.87. The number of hydrogen-bond donors (Lipinski definition) is 1. The zero-order valence-electron chi connectivity index (χ0n) is 10.7. The van der Waals surface area contributed by atoms with E-state index >= 15 is 0 Å². The highest BCUT2D eigenvalue weighted by molar-refractivity contribution is 5.94. The molecule has 0 aromatic carbocycles. The Bertz CT molecular complexity index is 268. The van der Waals surface area contributed by atoms with Crippen molar-refractivity contribution >= 4 is 11.8 Å². The molecule has 0 spiro atoms. The smallest absolute Gasteiger partial charge is 0.243 e. The van der Waals surface area contributed by atoms with Crippen molar-refractivity contribution in [2.45, 2.75) is 39.2 Å². The van der Waals surface area contributed by atoms with Gasteiger partial charge in [0.15, 0.2) is 0 Å². The molecule has 98 valence electrons. The molecule has 1 saturated heterocycles. The fourth-order valence-electron chi connectivity index (χ4n) is 2.02. The molecule has 0 bridgehead atoms. The fourth-order valence-corrected chi connectivity index (χ4v) is 2.02. The van der Waals surface area contributed by atoms with Gasteiger partial charge in [0.2, 0.25) is 11.8 Å². The van der Waals surface area contributed by atoms with Gasteiger partial charge in [0.05, 0.1) is 6.54 Å². The maximum Gasteiger partial charge on any atom is 0.243 e. The van der Waals surface area contributed by atoms with E-state index in [2.05, 4.69) is 5.32 Å². The SMILES string of the molecule is CCCC1C(=O)NCC(=O)N1CCCOCC. The van der Waals surface area contributed by atoms with Crippen LogP contribution in [0.4, 0.5) is 0 Å². The summed E-state index contributed by atoms with van der Waals surface area (Å²) >= 11 is 0. The van der Waals surface area contributed by atoms with Crippen molar-refractivity contribution in [1.29, 1.82) is 0 Å². The summed E-state index contributed by atoms with van der Waals surface area (Å²) in [5.74, 6) is -0.0117. The summed E-state index contributed by atoms with van der Waals surface area (Å²) < 4.78 is 5.24. The molecule has 1 rings (SSSR count). The number of nitrogens with zero attached hydrogens (tertiary/aromatic N) is 1. The van der Waals surface area contributed by atoms with Crippen LogP contribution < -0.4 is 5.32 Å². The molecule has 1 atom stereocenters. The molecule has 1 unspecified atom stereocenters. The van der Waals surface area contributed by atoms with E-state index in [1.165, 1.54) is 0 Å². The average Bonchev–Trinajstić information content (AvgIpc) is 2.32. The molecule has 5 nitrogen and oxygen atoms in total. The van der Waals surface area contributed by atoms with Crippen LogP contribution in [0.15, 0.2) is 0 Å². The van der Waals surface area contributed by atoms with Gasteiger partial charge in [-0.05, 0) is 19.8 Å². The van der Waals surface area contributed by atoms with E-state index in [0.717, 1.165) is 19.3 Å². The monoisotopic (exact) mass is 242 g/mol. The molecule has 2 amide bonds. The average molecular weight is 242 g/mol. The van der Waals surface area contributed by atoms with Gasteiger partial charge in [-0.25, -0.2) is 0 Å². The van der Waals surface area contributed by atoms with Crippen LogP contribution in [0, 0.1) is 0 Å². The molecule has 1 N–H and O–H groups in total. The molecule has 0 aromatic rings. The third-order valence-corrected chi connectivity index (χ3v) is 2.87. The Hall–Kier alpha value is -1.10. The van der Waals surface area contributed by atoms with Crippen molar-refractivity contribution < 1.29 is 14.3 Å². The summed E-state index contributed by atoms with van der Waals surface area (Å²) in [6.07, 6.45) is 2.41. The van der Waals surface area contributed by atoms with Gasteiger partial charge in [-0.3, -0.25) is 9.59 Å². The van der Waals surface area contributed by atoms with Crippen molar-refractivity contribution in [2.24, 2.45) is 0 Å². The molecular formula is C12H22N2O3. The van der Waals surface area contributed by atoms with Gasteiger partial charge >= 0.3 is 0 Å². The van der Waals surface area contributed by atoms with E-state index < -0.39 is 0 Å². The first-order valence-corrected chi connectivity index (χ1v) is 6.35. The normalized spacial score (nSPS) is 20.6. The number of piperazine rings is 1. The van der Waals surface area contributed by atoms with Gasteiger partial charge in [0, 0.05) is 19.8 Å². The van der Waals surface area contributed by atoms with E-state index in [0.29, 0.717) is 19.8 Å². The van der Waals surface area contributed by atoms with E-state index in [9.17, 15) is 9.59 Å². The first kappa shape index (κ1) is 14.0. The van der Waals surface area contributed by atoms with Crippen LogP contribution in [-0.2, 0) is 14.3 Å². The molecule has 1 heterocycles. The molecule has 0 saturated carbocycles. The van der Waals surface area contributed by atoms with Crippen LogP contribution in [0.2, 0.25) is 0 Å². The Labute approximate surface area is 102 Å². The minimum Gasteiger partial charge on any atom is -0.382 e. The second-order valence-electron chi connectivity index (χ2n) is 4.16. The highest BCUT2D eigenvalue weighted by Gasteiger charge is 2.32. The molecule has 0 aromatic heterocycles. The van der Waals surface area contributed by atoms with E-state index in [-0.39, 0.29) is 24.4 Å². The van der Waals surface area contributed by atoms with Crippen molar-refractivity contribution in [1.82, 2.24) is 10.2 Å². The minimum atomic E-state index is -0.289. The van der Waals surface area contributed by atoms with Crippen LogP contribution >= 0.6 is 0 Å². The Kier molecular flexibility index (Phi) is 5.97. The Morgan fingerprint density at radius 1 is 1.41 bits per heavy atom. The van der Waals surface area contributed by atoms with Gasteiger partial charge in [-0.1, -0.05) is 13.3 Å². The maximum atomic E-state index is 11.8. The Balaban J connectivity index is 2.49.